The Hall–Kier alpha value is -4.36. The van der Waals surface area contributed by atoms with Crippen molar-refractivity contribution in [2.24, 2.45) is 0 Å². The fourth-order valence-electron chi connectivity index (χ4n) is 8.91. The fourth-order valence-corrected chi connectivity index (χ4v) is 9.02. The molecule has 0 heterocycles. The maximum Gasteiger partial charge on any atom is 0.252 e. The average molecular weight is 1010 g/mol. The van der Waals surface area contributed by atoms with Crippen LogP contribution in [0.4, 0.5) is 0 Å². The van der Waals surface area contributed by atoms with E-state index in [4.69, 9.17) is 40.0 Å². The first-order valence-corrected chi connectivity index (χ1v) is 29.3. The van der Waals surface area contributed by atoms with Gasteiger partial charge >= 0.3 is 0 Å². The Kier molecular flexibility index (Phi) is 33.5. The molecule has 0 radical (unpaired) electrons. The van der Waals surface area contributed by atoms with Crippen LogP contribution in [0.2, 0.25) is 0 Å². The van der Waals surface area contributed by atoms with E-state index in [1.165, 1.54) is 173 Å². The van der Waals surface area contributed by atoms with Crippen LogP contribution in [0.15, 0.2) is 84.9 Å². The zero-order valence-corrected chi connectivity index (χ0v) is 46.0. The second-order valence-electron chi connectivity index (χ2n) is 20.0. The molecule has 0 bridgehead atoms. The number of unbranched alkanes of at least 4 members (excludes halogenated alkanes) is 27. The van der Waals surface area contributed by atoms with Crippen molar-refractivity contribution < 1.29 is 33.2 Å². The average Bonchev–Trinajstić information content (AvgIpc) is 3.40. The first kappa shape index (κ1) is 60.2. The zero-order chi connectivity index (χ0) is 50.9. The highest BCUT2D eigenvalue weighted by Crippen LogP contribution is 2.41. The molecule has 4 rings (SSSR count). The Bertz CT molecular complexity index is 1840. The predicted molar refractivity (Wildman–Crippen MR) is 301 cm³/mol. The van der Waals surface area contributed by atoms with Crippen LogP contribution in [0, 0.1) is 0 Å². The van der Waals surface area contributed by atoms with Crippen LogP contribution >= 0.6 is 11.6 Å². The molecule has 0 saturated carbocycles. The van der Waals surface area contributed by atoms with E-state index in [9.17, 15) is 4.79 Å². The molecule has 0 aliphatic carbocycles. The van der Waals surface area contributed by atoms with Gasteiger partial charge in [0.1, 0.15) is 37.1 Å². The van der Waals surface area contributed by atoms with Crippen LogP contribution in [0.3, 0.4) is 0 Å². The summed E-state index contributed by atoms with van der Waals surface area (Å²) in [5.41, 5.74) is 3.10. The molecule has 0 aromatic heterocycles. The summed E-state index contributed by atoms with van der Waals surface area (Å²) in [4.78, 5) is 12.7. The molecule has 72 heavy (non-hydrogen) atoms. The molecular formula is C64H95ClO7. The summed E-state index contributed by atoms with van der Waals surface area (Å²) in [6.07, 6.45) is 38.9. The molecule has 7 nitrogen and oxygen atoms in total. The van der Waals surface area contributed by atoms with Crippen molar-refractivity contribution in [1.29, 1.82) is 0 Å². The number of hydrogen-bond acceptors (Lipinski definition) is 7. The first-order valence-electron chi connectivity index (χ1n) is 28.9. The van der Waals surface area contributed by atoms with Crippen LogP contribution in [0.5, 0.6) is 34.5 Å². The molecule has 4 aromatic carbocycles. The van der Waals surface area contributed by atoms with E-state index in [2.05, 4.69) is 20.8 Å². The normalized spacial score (nSPS) is 11.2. The zero-order valence-electron chi connectivity index (χ0n) is 45.3. The van der Waals surface area contributed by atoms with Gasteiger partial charge in [0.05, 0.1) is 19.8 Å². The van der Waals surface area contributed by atoms with Crippen LogP contribution in [-0.4, -0.2) is 25.1 Å². The lowest BCUT2D eigenvalue weighted by atomic mass is 10.1. The van der Waals surface area contributed by atoms with Crippen molar-refractivity contribution in [1.82, 2.24) is 0 Å². The lowest BCUT2D eigenvalue weighted by Gasteiger charge is -2.19. The molecule has 0 aliphatic rings. The summed E-state index contributed by atoms with van der Waals surface area (Å²) < 4.78 is 37.7. The van der Waals surface area contributed by atoms with Gasteiger partial charge in [0.25, 0.3) is 5.24 Å². The third-order valence-electron chi connectivity index (χ3n) is 13.5. The Labute approximate surface area is 442 Å². The van der Waals surface area contributed by atoms with Crippen molar-refractivity contribution in [2.75, 3.05) is 19.8 Å². The lowest BCUT2D eigenvalue weighted by Crippen LogP contribution is -2.06. The number of ether oxygens (including phenoxy) is 6. The maximum atomic E-state index is 12.7. The molecular weight excluding hydrogens is 916 g/mol. The summed E-state index contributed by atoms with van der Waals surface area (Å²) >= 11 is 6.13. The standard InChI is InChI=1S/C64H95ClO7/c1-4-7-10-13-16-19-22-25-28-31-46-67-58-40-34-54(35-41-58)51-70-61-49-57(64(65)66)50-62(71-52-55-36-42-59(43-37-55)68-47-32-29-26-23-20-17-14-11-8-5-2)63(61)72-53-56-38-44-60(45-39-56)69-48-33-30-27-24-21-18-15-12-9-6-3/h34-45,49-50H,4-33,46-48,51-53H2,1-3H3. The van der Waals surface area contributed by atoms with E-state index in [1.807, 2.05) is 72.8 Å². The van der Waals surface area contributed by atoms with Crippen molar-refractivity contribution >= 4 is 16.8 Å². The smallest absolute Gasteiger partial charge is 0.252 e. The van der Waals surface area contributed by atoms with Crippen LogP contribution in [0.1, 0.15) is 240 Å². The largest absolute Gasteiger partial charge is 0.494 e. The minimum absolute atomic E-state index is 0.236. The van der Waals surface area contributed by atoms with Gasteiger partial charge in [0.15, 0.2) is 11.5 Å². The number of benzene rings is 4. The lowest BCUT2D eigenvalue weighted by molar-refractivity contribution is 0.108. The number of carbonyl (C=O) groups excluding carboxylic acids is 1. The molecule has 8 heteroatoms. The Morgan fingerprint density at radius 2 is 0.583 bits per heavy atom. The van der Waals surface area contributed by atoms with Gasteiger partial charge < -0.3 is 28.4 Å². The first-order chi connectivity index (χ1) is 35.5. The minimum Gasteiger partial charge on any atom is -0.494 e. The second kappa shape index (κ2) is 40.1. The van der Waals surface area contributed by atoms with Gasteiger partial charge in [-0.05, 0) is 96.1 Å². The number of hydrogen-bond donors (Lipinski definition) is 0. The Balaban J connectivity index is 1.32. The fraction of sp³-hybridized carbons (Fsp3) is 0.609. The van der Waals surface area contributed by atoms with E-state index < -0.39 is 5.24 Å². The van der Waals surface area contributed by atoms with Crippen molar-refractivity contribution in [2.45, 2.75) is 233 Å². The SMILES string of the molecule is CCCCCCCCCCCCOc1ccc(COc2cc(C(=O)Cl)cc(OCc3ccc(OCCCCCCCCCCCC)cc3)c2OCc2ccc(OCCCCCCCCCCCC)cc2)cc1. The van der Waals surface area contributed by atoms with Crippen LogP contribution in [0.25, 0.3) is 0 Å². The van der Waals surface area contributed by atoms with Gasteiger partial charge in [0, 0.05) is 5.56 Å². The molecule has 0 aliphatic heterocycles. The second-order valence-corrected chi connectivity index (χ2v) is 20.3. The van der Waals surface area contributed by atoms with Gasteiger partial charge in [-0.15, -0.1) is 0 Å². The van der Waals surface area contributed by atoms with Gasteiger partial charge in [-0.25, -0.2) is 0 Å². The van der Waals surface area contributed by atoms with E-state index >= 15 is 0 Å². The Morgan fingerprint density at radius 1 is 0.333 bits per heavy atom. The quantitative estimate of drug-likeness (QED) is 0.0322. The molecule has 0 N–H and O–H groups in total. The van der Waals surface area contributed by atoms with E-state index in [-0.39, 0.29) is 25.4 Å². The van der Waals surface area contributed by atoms with Crippen molar-refractivity contribution in [3.05, 3.63) is 107 Å². The van der Waals surface area contributed by atoms with Crippen LogP contribution in [-0.2, 0) is 19.8 Å². The van der Waals surface area contributed by atoms with Gasteiger partial charge in [-0.1, -0.05) is 231 Å². The summed E-state index contributed by atoms with van der Waals surface area (Å²) in [6.45, 7) is 9.66. The van der Waals surface area contributed by atoms with Crippen LogP contribution < -0.4 is 28.4 Å². The van der Waals surface area contributed by atoms with Crippen molar-refractivity contribution in [3.8, 4) is 34.5 Å². The molecule has 0 unspecified atom stereocenters. The molecule has 0 fully saturated rings. The third kappa shape index (κ3) is 27.6. The number of halogens is 1. The molecule has 4 aromatic rings. The third-order valence-corrected chi connectivity index (χ3v) is 13.7. The molecule has 0 atom stereocenters. The number of carbonyl (C=O) groups is 1. The van der Waals surface area contributed by atoms with Gasteiger partial charge in [0.2, 0.25) is 5.75 Å². The highest BCUT2D eigenvalue weighted by Gasteiger charge is 2.19. The molecule has 400 valence electrons. The minimum atomic E-state index is -0.613. The monoisotopic (exact) mass is 1010 g/mol. The molecule has 0 amide bonds. The number of rotatable bonds is 46. The Morgan fingerprint density at radius 3 is 0.847 bits per heavy atom. The van der Waals surface area contributed by atoms with Crippen molar-refractivity contribution in [3.63, 3.8) is 0 Å². The topological polar surface area (TPSA) is 72.5 Å². The summed E-state index contributed by atoms with van der Waals surface area (Å²) in [5.74, 6) is 3.65. The van der Waals surface area contributed by atoms with E-state index in [0.717, 1.165) is 53.2 Å². The highest BCUT2D eigenvalue weighted by atomic mass is 35.5. The van der Waals surface area contributed by atoms with E-state index in [1.54, 1.807) is 12.1 Å². The van der Waals surface area contributed by atoms with E-state index in [0.29, 0.717) is 37.1 Å². The summed E-state index contributed by atoms with van der Waals surface area (Å²) in [7, 11) is 0. The van der Waals surface area contributed by atoms with Gasteiger partial charge in [-0.2, -0.15) is 0 Å². The molecule has 0 saturated heterocycles. The highest BCUT2D eigenvalue weighted by molar-refractivity contribution is 6.67. The molecule has 0 spiro atoms. The van der Waals surface area contributed by atoms with Gasteiger partial charge in [-0.3, -0.25) is 4.79 Å². The summed E-state index contributed by atoms with van der Waals surface area (Å²) in [6, 6.07) is 27.3. The maximum absolute atomic E-state index is 12.7. The predicted octanol–water partition coefficient (Wildman–Crippen LogP) is 19.7. The summed E-state index contributed by atoms with van der Waals surface area (Å²) in [5, 5.41) is -0.613.